The number of hydrogen-bond donors (Lipinski definition) is 1. The molecule has 0 radical (unpaired) electrons. The Labute approximate surface area is 142 Å². The Hall–Kier alpha value is -2.31. The molecule has 1 heterocycles. The number of allylic oxidation sites excluding steroid dienone is 2. The number of nitrogens with one attached hydrogen (secondary N) is 1. The van der Waals surface area contributed by atoms with Gasteiger partial charge in [-0.25, -0.2) is 9.59 Å². The first-order valence-corrected chi connectivity index (χ1v) is 7.97. The van der Waals surface area contributed by atoms with Crippen molar-refractivity contribution in [1.82, 2.24) is 5.32 Å². The van der Waals surface area contributed by atoms with Crippen LogP contribution < -0.4 is 5.32 Å². The molecule has 0 fully saturated rings. The van der Waals surface area contributed by atoms with E-state index in [1.807, 2.05) is 0 Å². The molecule has 0 aliphatic carbocycles. The van der Waals surface area contributed by atoms with Crippen LogP contribution in [-0.4, -0.2) is 37.2 Å². The maximum Gasteiger partial charge on any atom is 0.337 e. The Balaban J connectivity index is 3.40. The van der Waals surface area contributed by atoms with Crippen molar-refractivity contribution in [3.8, 4) is 0 Å². The van der Waals surface area contributed by atoms with Crippen molar-refractivity contribution in [2.24, 2.45) is 5.92 Å². The highest BCUT2D eigenvalue weighted by molar-refractivity contribution is 6.05. The normalized spacial score (nSPS) is 15.3. The summed E-state index contributed by atoms with van der Waals surface area (Å²) in [6, 6.07) is 0. The van der Waals surface area contributed by atoms with E-state index in [1.54, 1.807) is 41.5 Å². The minimum absolute atomic E-state index is 0.0659. The van der Waals surface area contributed by atoms with Crippen LogP contribution in [0.5, 0.6) is 0 Å². The van der Waals surface area contributed by atoms with E-state index in [0.717, 1.165) is 0 Å². The van der Waals surface area contributed by atoms with E-state index < -0.39 is 23.8 Å². The maximum absolute atomic E-state index is 12.6. The zero-order valence-electron chi connectivity index (χ0n) is 15.0. The van der Waals surface area contributed by atoms with Crippen molar-refractivity contribution in [1.29, 1.82) is 0 Å². The first-order chi connectivity index (χ1) is 11.2. The number of rotatable bonds is 6. The summed E-state index contributed by atoms with van der Waals surface area (Å²) >= 11 is 0. The molecule has 0 saturated heterocycles. The molecule has 0 aromatic rings. The average Bonchev–Trinajstić information content (AvgIpc) is 2.45. The summed E-state index contributed by atoms with van der Waals surface area (Å²) in [6.45, 7) is 10.3. The molecular weight excluding hydrogens is 314 g/mol. The predicted octanol–water partition coefficient (Wildman–Crippen LogP) is 1.83. The molecule has 24 heavy (non-hydrogen) atoms. The SMILES string of the molecule is CCOC(=O)C1=C(C)NC(C)=C(C(=O)OCC)C1C(=O)OC(C)C. The Morgan fingerprint density at radius 2 is 1.38 bits per heavy atom. The lowest BCUT2D eigenvalue weighted by Crippen LogP contribution is -2.38. The van der Waals surface area contributed by atoms with E-state index in [-0.39, 0.29) is 30.5 Å². The molecule has 1 rings (SSSR count). The number of esters is 3. The summed E-state index contributed by atoms with van der Waals surface area (Å²) in [6.07, 6.45) is -0.389. The van der Waals surface area contributed by atoms with E-state index >= 15 is 0 Å². The molecule has 0 amide bonds. The topological polar surface area (TPSA) is 90.9 Å². The number of dihydropyridines is 1. The number of ether oxygens (including phenoxy) is 3. The first-order valence-electron chi connectivity index (χ1n) is 7.97. The monoisotopic (exact) mass is 339 g/mol. The number of carbonyl (C=O) groups excluding carboxylic acids is 3. The second-order valence-electron chi connectivity index (χ2n) is 5.56. The van der Waals surface area contributed by atoms with E-state index in [2.05, 4.69) is 5.32 Å². The predicted molar refractivity (Wildman–Crippen MR) is 86.5 cm³/mol. The van der Waals surface area contributed by atoms with Gasteiger partial charge in [0.2, 0.25) is 0 Å². The Morgan fingerprint density at radius 1 is 0.958 bits per heavy atom. The fourth-order valence-electron chi connectivity index (χ4n) is 2.49. The zero-order chi connectivity index (χ0) is 18.4. The third kappa shape index (κ3) is 4.37. The van der Waals surface area contributed by atoms with Crippen molar-refractivity contribution in [3.63, 3.8) is 0 Å². The lowest BCUT2D eigenvalue weighted by Gasteiger charge is -2.29. The van der Waals surface area contributed by atoms with Crippen LogP contribution in [0, 0.1) is 5.92 Å². The minimum Gasteiger partial charge on any atom is -0.463 e. The highest BCUT2D eigenvalue weighted by atomic mass is 16.6. The van der Waals surface area contributed by atoms with Crippen molar-refractivity contribution >= 4 is 17.9 Å². The molecule has 7 nitrogen and oxygen atoms in total. The summed E-state index contributed by atoms with van der Waals surface area (Å²) in [5, 5.41) is 2.95. The van der Waals surface area contributed by atoms with E-state index in [9.17, 15) is 14.4 Å². The lowest BCUT2D eigenvalue weighted by molar-refractivity contribution is -0.154. The molecule has 0 unspecified atom stereocenters. The van der Waals surface area contributed by atoms with Crippen LogP contribution in [0.25, 0.3) is 0 Å². The highest BCUT2D eigenvalue weighted by Crippen LogP contribution is 2.32. The first kappa shape index (κ1) is 19.7. The lowest BCUT2D eigenvalue weighted by atomic mass is 9.85. The van der Waals surface area contributed by atoms with Crippen LogP contribution in [0.2, 0.25) is 0 Å². The summed E-state index contributed by atoms with van der Waals surface area (Å²) < 4.78 is 15.3. The molecule has 0 aromatic heterocycles. The minimum atomic E-state index is -1.17. The van der Waals surface area contributed by atoms with Crippen molar-refractivity contribution in [2.45, 2.75) is 47.6 Å². The molecule has 0 bridgehead atoms. The highest BCUT2D eigenvalue weighted by Gasteiger charge is 2.42. The van der Waals surface area contributed by atoms with Crippen molar-refractivity contribution in [3.05, 3.63) is 22.5 Å². The van der Waals surface area contributed by atoms with Gasteiger partial charge in [0.25, 0.3) is 0 Å². The molecule has 0 aromatic carbocycles. The standard InChI is InChI=1S/C17H25NO6/c1-7-22-15(19)12-10(5)18-11(6)13(16(20)23-8-2)14(12)17(21)24-9(3)4/h9,14,18H,7-8H2,1-6H3. The third-order valence-electron chi connectivity index (χ3n) is 3.34. The Morgan fingerprint density at radius 3 is 1.71 bits per heavy atom. The molecular formula is C17H25NO6. The second kappa shape index (κ2) is 8.52. The van der Waals surface area contributed by atoms with Crippen LogP contribution in [0.3, 0.4) is 0 Å². The molecule has 1 aliphatic heterocycles. The van der Waals surface area contributed by atoms with Crippen LogP contribution in [0.4, 0.5) is 0 Å². The number of hydrogen-bond acceptors (Lipinski definition) is 7. The van der Waals surface area contributed by atoms with Gasteiger partial charge in [-0.05, 0) is 41.5 Å². The largest absolute Gasteiger partial charge is 0.463 e. The Bertz CT molecular complexity index is 548. The van der Waals surface area contributed by atoms with Gasteiger partial charge in [-0.2, -0.15) is 0 Å². The third-order valence-corrected chi connectivity index (χ3v) is 3.34. The van der Waals surface area contributed by atoms with Gasteiger partial charge in [0.15, 0.2) is 0 Å². The van der Waals surface area contributed by atoms with Crippen molar-refractivity contribution in [2.75, 3.05) is 13.2 Å². The Kier molecular flexibility index (Phi) is 7.00. The summed E-state index contributed by atoms with van der Waals surface area (Å²) in [5.74, 6) is -3.19. The summed E-state index contributed by atoms with van der Waals surface area (Å²) in [4.78, 5) is 37.3. The van der Waals surface area contributed by atoms with Gasteiger partial charge >= 0.3 is 17.9 Å². The molecule has 0 atom stereocenters. The van der Waals surface area contributed by atoms with Gasteiger partial charge in [-0.3, -0.25) is 4.79 Å². The van der Waals surface area contributed by atoms with Crippen LogP contribution >= 0.6 is 0 Å². The smallest absolute Gasteiger partial charge is 0.337 e. The molecule has 134 valence electrons. The molecule has 1 N–H and O–H groups in total. The molecule has 7 heteroatoms. The van der Waals surface area contributed by atoms with Crippen LogP contribution in [0.15, 0.2) is 22.5 Å². The molecule has 0 saturated carbocycles. The molecule has 0 spiro atoms. The maximum atomic E-state index is 12.6. The van der Waals surface area contributed by atoms with Crippen LogP contribution in [-0.2, 0) is 28.6 Å². The fraction of sp³-hybridized carbons (Fsp3) is 0.588. The van der Waals surface area contributed by atoms with Gasteiger partial charge in [0.1, 0.15) is 5.92 Å². The van der Waals surface area contributed by atoms with Gasteiger partial charge in [-0.15, -0.1) is 0 Å². The van der Waals surface area contributed by atoms with Gasteiger partial charge in [0.05, 0.1) is 30.5 Å². The van der Waals surface area contributed by atoms with E-state index in [4.69, 9.17) is 14.2 Å². The van der Waals surface area contributed by atoms with Gasteiger partial charge in [-0.1, -0.05) is 0 Å². The zero-order valence-corrected chi connectivity index (χ0v) is 15.0. The van der Waals surface area contributed by atoms with Gasteiger partial charge in [0, 0.05) is 11.4 Å². The quantitative estimate of drug-likeness (QED) is 0.583. The van der Waals surface area contributed by atoms with Crippen molar-refractivity contribution < 1.29 is 28.6 Å². The number of carbonyl (C=O) groups is 3. The van der Waals surface area contributed by atoms with E-state index in [0.29, 0.717) is 11.4 Å². The second-order valence-corrected chi connectivity index (χ2v) is 5.56. The molecule has 1 aliphatic rings. The summed E-state index contributed by atoms with van der Waals surface area (Å²) in [7, 11) is 0. The average molecular weight is 339 g/mol. The van der Waals surface area contributed by atoms with E-state index in [1.165, 1.54) is 0 Å². The van der Waals surface area contributed by atoms with Crippen LogP contribution in [0.1, 0.15) is 41.5 Å². The fourth-order valence-corrected chi connectivity index (χ4v) is 2.49. The van der Waals surface area contributed by atoms with Gasteiger partial charge < -0.3 is 19.5 Å². The summed E-state index contributed by atoms with van der Waals surface area (Å²) in [5.41, 5.74) is 1.03.